The van der Waals surface area contributed by atoms with E-state index in [-0.39, 0.29) is 0 Å². The molecule has 0 amide bonds. The molecular weight excluding hydrogens is 193 g/mol. The normalized spacial score (nSPS) is 11.5. The van der Waals surface area contributed by atoms with E-state index in [1.54, 1.807) is 0 Å². The van der Waals surface area contributed by atoms with Gasteiger partial charge in [-0.2, -0.15) is 0 Å². The Labute approximate surface area is 67.2 Å². The van der Waals surface area contributed by atoms with Gasteiger partial charge in [-0.3, -0.25) is 0 Å². The standard InChI is InChI=1S/C5H3ClFNO2S/c6-11(9,10)5-4(7)2-1-3-8-5/h1-3H. The molecule has 0 aliphatic heterocycles. The highest BCUT2D eigenvalue weighted by Crippen LogP contribution is 2.14. The van der Waals surface area contributed by atoms with Crippen molar-refractivity contribution in [1.82, 2.24) is 4.98 Å². The lowest BCUT2D eigenvalue weighted by molar-refractivity contribution is 0.561. The molecule has 3 nitrogen and oxygen atoms in total. The first-order valence-corrected chi connectivity index (χ1v) is 4.88. The third kappa shape index (κ3) is 1.87. The summed E-state index contributed by atoms with van der Waals surface area (Å²) in [5.74, 6) is -0.942. The minimum atomic E-state index is -4.05. The molecule has 0 aliphatic rings. The highest BCUT2D eigenvalue weighted by atomic mass is 35.7. The van der Waals surface area contributed by atoms with Gasteiger partial charge in [0.2, 0.25) is 5.03 Å². The number of rotatable bonds is 1. The van der Waals surface area contributed by atoms with Gasteiger partial charge < -0.3 is 0 Å². The number of pyridine rings is 1. The summed E-state index contributed by atoms with van der Waals surface area (Å²) in [6, 6.07) is 2.25. The van der Waals surface area contributed by atoms with E-state index in [0.717, 1.165) is 12.3 Å². The summed E-state index contributed by atoms with van der Waals surface area (Å²) in [5.41, 5.74) is 0. The molecule has 60 valence electrons. The van der Waals surface area contributed by atoms with Gasteiger partial charge in [-0.25, -0.2) is 17.8 Å². The van der Waals surface area contributed by atoms with Gasteiger partial charge >= 0.3 is 0 Å². The highest BCUT2D eigenvalue weighted by Gasteiger charge is 2.16. The van der Waals surface area contributed by atoms with E-state index in [0.29, 0.717) is 0 Å². The van der Waals surface area contributed by atoms with Crippen molar-refractivity contribution in [3.8, 4) is 0 Å². The Bertz CT molecular complexity index is 365. The maximum Gasteiger partial charge on any atom is 0.281 e. The van der Waals surface area contributed by atoms with Crippen LogP contribution in [0.1, 0.15) is 0 Å². The van der Waals surface area contributed by atoms with Gasteiger partial charge in [0.25, 0.3) is 9.05 Å². The van der Waals surface area contributed by atoms with Gasteiger partial charge in [0.1, 0.15) is 0 Å². The van der Waals surface area contributed by atoms with Crippen LogP contribution in [-0.4, -0.2) is 13.4 Å². The molecule has 6 heteroatoms. The highest BCUT2D eigenvalue weighted by molar-refractivity contribution is 8.13. The quantitative estimate of drug-likeness (QED) is 0.632. The molecule has 0 unspecified atom stereocenters. The fourth-order valence-corrected chi connectivity index (χ4v) is 1.38. The first-order chi connectivity index (χ1) is 5.02. The third-order valence-electron chi connectivity index (χ3n) is 0.956. The summed E-state index contributed by atoms with van der Waals surface area (Å²) in [7, 11) is 0.786. The third-order valence-corrected chi connectivity index (χ3v) is 2.16. The van der Waals surface area contributed by atoms with Crippen LogP contribution in [0.5, 0.6) is 0 Å². The van der Waals surface area contributed by atoms with Crippen molar-refractivity contribution in [1.29, 1.82) is 0 Å². The molecule has 11 heavy (non-hydrogen) atoms. The molecule has 1 rings (SSSR count). The average molecular weight is 196 g/mol. The second-order valence-electron chi connectivity index (χ2n) is 1.73. The Hall–Kier alpha value is -0.680. The van der Waals surface area contributed by atoms with Gasteiger partial charge in [-0.15, -0.1) is 0 Å². The second kappa shape index (κ2) is 2.75. The Morgan fingerprint density at radius 1 is 1.55 bits per heavy atom. The number of aromatic nitrogens is 1. The molecule has 0 aliphatic carbocycles. The van der Waals surface area contributed by atoms with E-state index in [1.807, 2.05) is 0 Å². The summed E-state index contributed by atoms with van der Waals surface area (Å²) in [5, 5.41) is -0.735. The average Bonchev–Trinajstić information content (AvgIpc) is 1.86. The molecule has 0 fully saturated rings. The molecule has 1 aromatic rings. The van der Waals surface area contributed by atoms with E-state index in [1.165, 1.54) is 6.07 Å². The fraction of sp³-hybridized carbons (Fsp3) is 0. The van der Waals surface area contributed by atoms with Crippen LogP contribution < -0.4 is 0 Å². The van der Waals surface area contributed by atoms with Gasteiger partial charge in [0.05, 0.1) is 0 Å². The van der Waals surface area contributed by atoms with Crippen molar-refractivity contribution in [2.75, 3.05) is 0 Å². The lowest BCUT2D eigenvalue weighted by Crippen LogP contribution is -1.97. The molecule has 0 spiro atoms. The van der Waals surface area contributed by atoms with Crippen molar-refractivity contribution in [3.63, 3.8) is 0 Å². The Kier molecular flexibility index (Phi) is 2.10. The van der Waals surface area contributed by atoms with Crippen molar-refractivity contribution in [2.45, 2.75) is 5.03 Å². The number of hydrogen-bond donors (Lipinski definition) is 0. The molecule has 1 heterocycles. The van der Waals surface area contributed by atoms with E-state index < -0.39 is 19.9 Å². The van der Waals surface area contributed by atoms with Crippen LogP contribution in [-0.2, 0) is 9.05 Å². The maximum absolute atomic E-state index is 12.6. The van der Waals surface area contributed by atoms with E-state index >= 15 is 0 Å². The molecular formula is C5H3ClFNO2S. The van der Waals surface area contributed by atoms with Gasteiger partial charge in [-0.1, -0.05) is 0 Å². The van der Waals surface area contributed by atoms with Crippen LogP contribution in [0.25, 0.3) is 0 Å². The minimum Gasteiger partial charge on any atom is -0.241 e. The zero-order valence-corrected chi connectivity index (χ0v) is 6.73. The molecule has 0 bridgehead atoms. The summed E-state index contributed by atoms with van der Waals surface area (Å²) in [6.07, 6.45) is 1.15. The summed E-state index contributed by atoms with van der Waals surface area (Å²) in [4.78, 5) is 3.25. The second-order valence-corrected chi connectivity index (χ2v) is 4.21. The van der Waals surface area contributed by atoms with Crippen LogP contribution in [0.3, 0.4) is 0 Å². The number of hydrogen-bond acceptors (Lipinski definition) is 3. The topological polar surface area (TPSA) is 47.0 Å². The smallest absolute Gasteiger partial charge is 0.241 e. The van der Waals surface area contributed by atoms with Crippen molar-refractivity contribution >= 4 is 19.7 Å². The van der Waals surface area contributed by atoms with Gasteiger partial charge in [0.15, 0.2) is 5.82 Å². The first kappa shape index (κ1) is 8.42. The Morgan fingerprint density at radius 3 is 2.55 bits per heavy atom. The summed E-state index contributed by atoms with van der Waals surface area (Å²) >= 11 is 0. The molecule has 0 radical (unpaired) electrons. The first-order valence-electron chi connectivity index (χ1n) is 2.57. The van der Waals surface area contributed by atoms with Gasteiger partial charge in [0, 0.05) is 16.9 Å². The Balaban J connectivity index is 3.37. The fourth-order valence-electron chi connectivity index (χ4n) is 0.551. The monoisotopic (exact) mass is 195 g/mol. The van der Waals surface area contributed by atoms with Crippen LogP contribution in [0, 0.1) is 5.82 Å². The predicted octanol–water partition coefficient (Wildman–Crippen LogP) is 1.15. The Morgan fingerprint density at radius 2 is 2.18 bits per heavy atom. The van der Waals surface area contributed by atoms with Crippen LogP contribution in [0.15, 0.2) is 23.4 Å². The van der Waals surface area contributed by atoms with Crippen LogP contribution in [0.2, 0.25) is 0 Å². The van der Waals surface area contributed by atoms with Crippen molar-refractivity contribution in [2.24, 2.45) is 0 Å². The lowest BCUT2D eigenvalue weighted by atomic mass is 10.5. The summed E-state index contributed by atoms with van der Waals surface area (Å²) in [6.45, 7) is 0. The van der Waals surface area contributed by atoms with Gasteiger partial charge in [-0.05, 0) is 12.1 Å². The molecule has 0 saturated heterocycles. The maximum atomic E-state index is 12.6. The lowest BCUT2D eigenvalue weighted by Gasteiger charge is -1.93. The molecule has 0 atom stereocenters. The van der Waals surface area contributed by atoms with E-state index in [9.17, 15) is 12.8 Å². The zero-order chi connectivity index (χ0) is 8.48. The van der Waals surface area contributed by atoms with Crippen molar-refractivity contribution < 1.29 is 12.8 Å². The number of halogens is 2. The van der Waals surface area contributed by atoms with E-state index in [4.69, 9.17) is 10.7 Å². The van der Waals surface area contributed by atoms with E-state index in [2.05, 4.69) is 4.98 Å². The SMILES string of the molecule is O=S(=O)(Cl)c1ncccc1F. The van der Waals surface area contributed by atoms with Crippen molar-refractivity contribution in [3.05, 3.63) is 24.1 Å². The molecule has 0 aromatic carbocycles. The number of nitrogens with zero attached hydrogens (tertiary/aromatic N) is 1. The van der Waals surface area contributed by atoms with Crippen LogP contribution in [0.4, 0.5) is 4.39 Å². The predicted molar refractivity (Wildman–Crippen MR) is 37.2 cm³/mol. The van der Waals surface area contributed by atoms with Crippen LogP contribution >= 0.6 is 10.7 Å². The largest absolute Gasteiger partial charge is 0.281 e. The molecule has 0 saturated carbocycles. The zero-order valence-electron chi connectivity index (χ0n) is 5.16. The molecule has 1 aromatic heterocycles. The molecule has 0 N–H and O–H groups in total. The summed E-state index contributed by atoms with van der Waals surface area (Å²) < 4.78 is 33.6. The minimum absolute atomic E-state index is 0.735.